The van der Waals surface area contributed by atoms with Crippen molar-refractivity contribution in [3.63, 3.8) is 0 Å². The Morgan fingerprint density at radius 2 is 2.15 bits per heavy atom. The van der Waals surface area contributed by atoms with Gasteiger partial charge in [0.05, 0.1) is 17.9 Å². The monoisotopic (exact) mass is 364 g/mol. The number of aryl methyl sites for hydroxylation is 1. The molecule has 0 unspecified atom stereocenters. The first kappa shape index (κ1) is 18.3. The van der Waals surface area contributed by atoms with Crippen LogP contribution in [-0.2, 0) is 4.74 Å². The number of pyridine rings is 2. The molecule has 3 aromatic rings. The fourth-order valence-corrected chi connectivity index (χ4v) is 2.57. The molecule has 0 fully saturated rings. The van der Waals surface area contributed by atoms with E-state index in [4.69, 9.17) is 10.00 Å². The molecule has 0 aliphatic carbocycles. The summed E-state index contributed by atoms with van der Waals surface area (Å²) in [5, 5.41) is 12.8. The lowest BCUT2D eigenvalue weighted by Gasteiger charge is -2.14. The van der Waals surface area contributed by atoms with Crippen LogP contribution in [0, 0.1) is 24.1 Å². The van der Waals surface area contributed by atoms with Crippen molar-refractivity contribution >= 4 is 28.4 Å². The van der Waals surface area contributed by atoms with Crippen molar-refractivity contribution in [1.82, 2.24) is 9.97 Å². The van der Waals surface area contributed by atoms with Crippen LogP contribution in [-0.4, -0.2) is 22.5 Å². The van der Waals surface area contributed by atoms with E-state index in [9.17, 15) is 9.18 Å². The van der Waals surface area contributed by atoms with Gasteiger partial charge in [-0.3, -0.25) is 0 Å². The number of nitriles is 1. The van der Waals surface area contributed by atoms with Gasteiger partial charge >= 0.3 is 5.97 Å². The first-order valence-electron chi connectivity index (χ1n) is 8.43. The number of halogens is 1. The number of carbonyl (C=O) groups excluding carboxylic acids is 1. The number of hydrogen-bond acceptors (Lipinski definition) is 6. The van der Waals surface area contributed by atoms with Gasteiger partial charge in [-0.15, -0.1) is 0 Å². The molecule has 0 aliphatic heterocycles. The molecule has 0 amide bonds. The van der Waals surface area contributed by atoms with Crippen molar-refractivity contribution in [1.29, 1.82) is 5.26 Å². The molecule has 0 radical (unpaired) electrons. The molecule has 0 spiro atoms. The molecule has 7 heteroatoms. The highest BCUT2D eigenvalue weighted by Gasteiger charge is 2.18. The SMILES string of the molecule is CCCOC(=O)c1cnc2nc(C)ccc2c1Nc1ccc(F)c(C#N)c1. The van der Waals surface area contributed by atoms with E-state index in [1.165, 1.54) is 24.4 Å². The molecule has 2 heterocycles. The second kappa shape index (κ2) is 7.79. The lowest BCUT2D eigenvalue weighted by atomic mass is 10.1. The third kappa shape index (κ3) is 3.85. The summed E-state index contributed by atoms with van der Waals surface area (Å²) in [5.41, 5.74) is 2.31. The Labute approximate surface area is 155 Å². The summed E-state index contributed by atoms with van der Waals surface area (Å²) >= 11 is 0. The second-order valence-corrected chi connectivity index (χ2v) is 5.94. The average molecular weight is 364 g/mol. The molecule has 1 N–H and O–H groups in total. The lowest BCUT2D eigenvalue weighted by molar-refractivity contribution is 0.0506. The summed E-state index contributed by atoms with van der Waals surface area (Å²) < 4.78 is 18.8. The first-order valence-corrected chi connectivity index (χ1v) is 8.43. The predicted molar refractivity (Wildman–Crippen MR) is 99.2 cm³/mol. The molecule has 0 saturated heterocycles. The minimum atomic E-state index is -0.609. The molecule has 0 bridgehead atoms. The number of esters is 1. The number of anilines is 2. The number of benzene rings is 1. The van der Waals surface area contributed by atoms with Crippen LogP contribution in [0.5, 0.6) is 0 Å². The Morgan fingerprint density at radius 3 is 2.89 bits per heavy atom. The maximum absolute atomic E-state index is 13.6. The van der Waals surface area contributed by atoms with Crippen LogP contribution in [0.3, 0.4) is 0 Å². The molecule has 0 atom stereocenters. The molecule has 6 nitrogen and oxygen atoms in total. The fraction of sp³-hybridized carbons (Fsp3) is 0.200. The van der Waals surface area contributed by atoms with Gasteiger partial charge < -0.3 is 10.1 Å². The Hall–Kier alpha value is -3.53. The summed E-state index contributed by atoms with van der Waals surface area (Å²) in [4.78, 5) is 21.1. The van der Waals surface area contributed by atoms with Crippen molar-refractivity contribution in [2.45, 2.75) is 20.3 Å². The van der Waals surface area contributed by atoms with Crippen molar-refractivity contribution < 1.29 is 13.9 Å². The Bertz CT molecular complexity index is 1060. The molecule has 136 valence electrons. The topological polar surface area (TPSA) is 87.9 Å². The number of nitrogens with one attached hydrogen (secondary N) is 1. The van der Waals surface area contributed by atoms with E-state index in [0.717, 1.165) is 5.69 Å². The van der Waals surface area contributed by atoms with Crippen LogP contribution in [0.4, 0.5) is 15.8 Å². The molecular weight excluding hydrogens is 347 g/mol. The number of ether oxygens (including phenoxy) is 1. The van der Waals surface area contributed by atoms with Gasteiger partial charge in [0.15, 0.2) is 5.65 Å². The van der Waals surface area contributed by atoms with Crippen LogP contribution in [0.15, 0.2) is 36.5 Å². The standard InChI is InChI=1S/C20H17FN4O2/c1-3-8-27-20(26)16-11-23-19-15(6-4-12(2)24-19)18(16)25-14-5-7-17(21)13(9-14)10-22/h4-7,9,11H,3,8H2,1-2H3,(H,23,24,25). The zero-order chi connectivity index (χ0) is 19.4. The average Bonchev–Trinajstić information content (AvgIpc) is 2.67. The molecule has 0 aliphatic rings. The van der Waals surface area contributed by atoms with Gasteiger partial charge in [-0.05, 0) is 43.7 Å². The van der Waals surface area contributed by atoms with Crippen LogP contribution in [0.25, 0.3) is 11.0 Å². The minimum absolute atomic E-state index is 0.0950. The van der Waals surface area contributed by atoms with Gasteiger partial charge in [-0.1, -0.05) is 6.92 Å². The van der Waals surface area contributed by atoms with Gasteiger partial charge in [0.1, 0.15) is 17.4 Å². The number of aromatic nitrogens is 2. The molecule has 3 rings (SSSR count). The van der Waals surface area contributed by atoms with Crippen LogP contribution in [0.2, 0.25) is 0 Å². The Balaban J connectivity index is 2.12. The smallest absolute Gasteiger partial charge is 0.341 e. The molecule has 27 heavy (non-hydrogen) atoms. The maximum atomic E-state index is 13.6. The number of rotatable bonds is 5. The second-order valence-electron chi connectivity index (χ2n) is 5.94. The van der Waals surface area contributed by atoms with E-state index in [2.05, 4.69) is 15.3 Å². The van der Waals surface area contributed by atoms with E-state index in [1.807, 2.05) is 19.9 Å². The molecule has 2 aromatic heterocycles. The minimum Gasteiger partial charge on any atom is -0.462 e. The normalized spacial score (nSPS) is 10.4. The van der Waals surface area contributed by atoms with Crippen molar-refractivity contribution in [3.05, 3.63) is 59.2 Å². The fourth-order valence-electron chi connectivity index (χ4n) is 2.57. The summed E-state index contributed by atoms with van der Waals surface area (Å²) in [7, 11) is 0. The van der Waals surface area contributed by atoms with E-state index >= 15 is 0 Å². The van der Waals surface area contributed by atoms with Gasteiger partial charge in [-0.2, -0.15) is 5.26 Å². The third-order valence-corrected chi connectivity index (χ3v) is 3.88. The van der Waals surface area contributed by atoms with Crippen LogP contribution >= 0.6 is 0 Å². The summed E-state index contributed by atoms with van der Waals surface area (Å²) in [5.74, 6) is -1.13. The number of nitrogens with zero attached hydrogens (tertiary/aromatic N) is 3. The predicted octanol–water partition coefficient (Wildman–Crippen LogP) is 4.26. The Morgan fingerprint density at radius 1 is 1.33 bits per heavy atom. The number of fused-ring (bicyclic) bond motifs is 1. The van der Waals surface area contributed by atoms with Gasteiger partial charge in [0, 0.05) is 23.0 Å². The van der Waals surface area contributed by atoms with Gasteiger partial charge in [0.25, 0.3) is 0 Å². The number of hydrogen-bond donors (Lipinski definition) is 1. The highest BCUT2D eigenvalue weighted by Crippen LogP contribution is 2.30. The van der Waals surface area contributed by atoms with Gasteiger partial charge in [0.2, 0.25) is 0 Å². The van der Waals surface area contributed by atoms with Crippen LogP contribution in [0.1, 0.15) is 35.0 Å². The quantitative estimate of drug-likeness (QED) is 0.681. The Kier molecular flexibility index (Phi) is 5.27. The highest BCUT2D eigenvalue weighted by molar-refractivity contribution is 6.05. The van der Waals surface area contributed by atoms with E-state index in [0.29, 0.717) is 28.8 Å². The molecular formula is C20H17FN4O2. The maximum Gasteiger partial charge on any atom is 0.341 e. The molecule has 0 saturated carbocycles. The summed E-state index contributed by atoms with van der Waals surface area (Å²) in [6.45, 7) is 4.04. The van der Waals surface area contributed by atoms with E-state index in [-0.39, 0.29) is 17.7 Å². The lowest BCUT2D eigenvalue weighted by Crippen LogP contribution is -2.10. The largest absolute Gasteiger partial charge is 0.462 e. The third-order valence-electron chi connectivity index (χ3n) is 3.88. The number of carbonyl (C=O) groups is 1. The highest BCUT2D eigenvalue weighted by atomic mass is 19.1. The van der Waals surface area contributed by atoms with Crippen molar-refractivity contribution in [3.8, 4) is 6.07 Å². The zero-order valence-electron chi connectivity index (χ0n) is 14.9. The summed E-state index contributed by atoms with van der Waals surface area (Å²) in [6.07, 6.45) is 2.10. The van der Waals surface area contributed by atoms with Crippen molar-refractivity contribution in [2.24, 2.45) is 0 Å². The summed E-state index contributed by atoms with van der Waals surface area (Å²) in [6, 6.07) is 9.48. The zero-order valence-corrected chi connectivity index (χ0v) is 14.9. The van der Waals surface area contributed by atoms with Gasteiger partial charge in [-0.25, -0.2) is 19.2 Å². The van der Waals surface area contributed by atoms with Crippen LogP contribution < -0.4 is 5.32 Å². The van der Waals surface area contributed by atoms with Crippen molar-refractivity contribution in [2.75, 3.05) is 11.9 Å². The van der Waals surface area contributed by atoms with E-state index in [1.54, 1.807) is 12.1 Å². The first-order chi connectivity index (χ1) is 13.0. The van der Waals surface area contributed by atoms with E-state index < -0.39 is 11.8 Å². The molecule has 1 aromatic carbocycles.